The molecule has 1 aromatic carbocycles. The van der Waals surface area contributed by atoms with Gasteiger partial charge in [-0.1, -0.05) is 30.8 Å². The lowest BCUT2D eigenvalue weighted by Crippen LogP contribution is -2.55. The molecule has 0 bridgehead atoms. The Bertz CT molecular complexity index is 1400. The molecule has 42 heavy (non-hydrogen) atoms. The number of ether oxygens (including phenoxy) is 2. The summed E-state index contributed by atoms with van der Waals surface area (Å²) in [5.41, 5.74) is 4.27. The maximum Gasteiger partial charge on any atom is 0.318 e. The molecule has 3 aliphatic heterocycles. The van der Waals surface area contributed by atoms with Crippen molar-refractivity contribution in [1.29, 1.82) is 5.26 Å². The van der Waals surface area contributed by atoms with Gasteiger partial charge in [-0.05, 0) is 70.3 Å². The molecule has 1 unspecified atom stereocenters. The van der Waals surface area contributed by atoms with Crippen LogP contribution in [-0.2, 0) is 33.4 Å². The van der Waals surface area contributed by atoms with E-state index in [9.17, 15) is 10.1 Å². The molecule has 0 N–H and O–H groups in total. The first-order valence-corrected chi connectivity index (χ1v) is 15.3. The molecule has 2 aromatic rings. The fourth-order valence-electron chi connectivity index (χ4n) is 7.39. The van der Waals surface area contributed by atoms with Crippen molar-refractivity contribution in [2.75, 3.05) is 51.3 Å². The minimum Gasteiger partial charge on any atom is -0.462 e. The van der Waals surface area contributed by atoms with Crippen molar-refractivity contribution in [3.63, 3.8) is 0 Å². The summed E-state index contributed by atoms with van der Waals surface area (Å²) in [6.45, 7) is 11.9. The molecular weight excluding hydrogens is 528 g/mol. The number of anilines is 1. The summed E-state index contributed by atoms with van der Waals surface area (Å²) in [5, 5.41) is 9.54. The highest BCUT2D eigenvalue weighted by Gasteiger charge is 2.47. The SMILES string of the molecule is C=CC(=O)N1CCN(c2nc(OC[C@@H]3CCCN3C)nc3c2CCC2(COC(C)(C)c4ccccc42)C3)C[C@@H]1CC#N. The molecule has 1 aromatic heterocycles. The van der Waals surface area contributed by atoms with Crippen LogP contribution in [0.5, 0.6) is 6.01 Å². The molecule has 3 atom stereocenters. The number of likely N-dealkylation sites (tertiary alicyclic amines) is 1. The van der Waals surface area contributed by atoms with E-state index < -0.39 is 0 Å². The molecule has 6 rings (SSSR count). The van der Waals surface area contributed by atoms with Gasteiger partial charge in [0.05, 0.1) is 36.4 Å². The van der Waals surface area contributed by atoms with Crippen LogP contribution in [0.4, 0.5) is 5.82 Å². The highest BCUT2D eigenvalue weighted by molar-refractivity contribution is 5.87. The maximum atomic E-state index is 12.6. The second kappa shape index (κ2) is 11.3. The van der Waals surface area contributed by atoms with Gasteiger partial charge in [0.25, 0.3) is 0 Å². The fraction of sp³-hybridized carbons (Fsp3) is 0.576. The van der Waals surface area contributed by atoms with E-state index in [0.717, 1.165) is 49.3 Å². The first kappa shape index (κ1) is 28.6. The molecular formula is C33H42N6O3. The number of nitriles is 1. The second-order valence-corrected chi connectivity index (χ2v) is 12.8. The number of hydrogen-bond donors (Lipinski definition) is 0. The molecule has 4 heterocycles. The number of likely N-dealkylation sites (N-methyl/N-ethyl adjacent to an activating group) is 1. The zero-order valence-corrected chi connectivity index (χ0v) is 25.1. The zero-order chi connectivity index (χ0) is 29.5. The number of carbonyl (C=O) groups is 1. The number of rotatable bonds is 6. The van der Waals surface area contributed by atoms with E-state index >= 15 is 0 Å². The van der Waals surface area contributed by atoms with Gasteiger partial charge < -0.3 is 24.2 Å². The first-order chi connectivity index (χ1) is 20.2. The number of amides is 1. The Labute approximate surface area is 249 Å². The number of piperazine rings is 1. The molecule has 1 spiro atoms. The van der Waals surface area contributed by atoms with Crippen molar-refractivity contribution in [1.82, 2.24) is 19.8 Å². The molecule has 222 valence electrons. The number of benzene rings is 1. The average Bonchev–Trinajstić information content (AvgIpc) is 3.42. The topological polar surface area (TPSA) is 94.8 Å². The highest BCUT2D eigenvalue weighted by atomic mass is 16.5. The number of aromatic nitrogens is 2. The summed E-state index contributed by atoms with van der Waals surface area (Å²) in [6, 6.07) is 11.5. The van der Waals surface area contributed by atoms with E-state index in [4.69, 9.17) is 19.4 Å². The monoisotopic (exact) mass is 570 g/mol. The summed E-state index contributed by atoms with van der Waals surface area (Å²) >= 11 is 0. The van der Waals surface area contributed by atoms with Crippen LogP contribution in [-0.4, -0.2) is 84.2 Å². The van der Waals surface area contributed by atoms with Crippen molar-refractivity contribution in [3.05, 3.63) is 59.3 Å². The molecule has 1 amide bonds. The first-order valence-electron chi connectivity index (χ1n) is 15.3. The van der Waals surface area contributed by atoms with Crippen LogP contribution in [0.2, 0.25) is 0 Å². The van der Waals surface area contributed by atoms with E-state index in [0.29, 0.717) is 44.9 Å². The summed E-state index contributed by atoms with van der Waals surface area (Å²) < 4.78 is 12.9. The molecule has 0 radical (unpaired) electrons. The zero-order valence-electron chi connectivity index (χ0n) is 25.1. The predicted octanol–water partition coefficient (Wildman–Crippen LogP) is 3.76. The quantitative estimate of drug-likeness (QED) is 0.485. The Hall–Kier alpha value is -3.48. The van der Waals surface area contributed by atoms with Crippen LogP contribution in [0.15, 0.2) is 36.9 Å². The van der Waals surface area contributed by atoms with Crippen LogP contribution in [0.3, 0.4) is 0 Å². The largest absolute Gasteiger partial charge is 0.462 e. The molecule has 2 saturated heterocycles. The predicted molar refractivity (Wildman–Crippen MR) is 160 cm³/mol. The van der Waals surface area contributed by atoms with Crippen LogP contribution in [0.1, 0.15) is 61.9 Å². The summed E-state index contributed by atoms with van der Waals surface area (Å²) in [4.78, 5) is 29.0. The van der Waals surface area contributed by atoms with E-state index in [1.54, 1.807) is 4.90 Å². The Morgan fingerprint density at radius 1 is 1.21 bits per heavy atom. The fourth-order valence-corrected chi connectivity index (χ4v) is 7.39. The van der Waals surface area contributed by atoms with Gasteiger partial charge in [-0.2, -0.15) is 15.2 Å². The van der Waals surface area contributed by atoms with E-state index in [1.165, 1.54) is 23.6 Å². The van der Waals surface area contributed by atoms with Crippen molar-refractivity contribution in [2.45, 2.75) is 75.5 Å². The standard InChI is InChI=1S/C33H42N6O3/c1-5-29(40)39-18-17-38(20-23(39)13-15-34)30-25-12-14-33(22-42-32(2,3)26-10-6-7-11-27(26)33)19-28(25)35-31(36-30)41-21-24-9-8-16-37(24)4/h5-7,10-11,23-24H,1,8-9,12-14,16-22H2,2-4H3/t23-,24-,33?/m0/s1. The number of fused-ring (bicyclic) bond motifs is 3. The van der Waals surface area contributed by atoms with Gasteiger partial charge in [0.1, 0.15) is 12.4 Å². The minimum atomic E-state index is -0.334. The van der Waals surface area contributed by atoms with E-state index in [-0.39, 0.29) is 29.4 Å². The third-order valence-electron chi connectivity index (χ3n) is 9.91. The van der Waals surface area contributed by atoms with Gasteiger partial charge in [-0.25, -0.2) is 0 Å². The van der Waals surface area contributed by atoms with Crippen LogP contribution in [0.25, 0.3) is 0 Å². The van der Waals surface area contributed by atoms with E-state index in [2.05, 4.69) is 67.6 Å². The van der Waals surface area contributed by atoms with Gasteiger partial charge in [-0.15, -0.1) is 0 Å². The Kier molecular flexibility index (Phi) is 7.71. The number of hydrogen-bond acceptors (Lipinski definition) is 8. The van der Waals surface area contributed by atoms with Gasteiger partial charge in [0.15, 0.2) is 0 Å². The van der Waals surface area contributed by atoms with Crippen molar-refractivity contribution in [3.8, 4) is 12.1 Å². The van der Waals surface area contributed by atoms with Crippen molar-refractivity contribution in [2.24, 2.45) is 0 Å². The van der Waals surface area contributed by atoms with Gasteiger partial charge >= 0.3 is 6.01 Å². The molecule has 9 nitrogen and oxygen atoms in total. The van der Waals surface area contributed by atoms with Gasteiger partial charge in [0, 0.05) is 43.1 Å². The Balaban J connectivity index is 1.36. The highest BCUT2D eigenvalue weighted by Crippen LogP contribution is 2.48. The number of nitrogens with zero attached hydrogens (tertiary/aromatic N) is 6. The average molecular weight is 571 g/mol. The lowest BCUT2D eigenvalue weighted by atomic mass is 9.65. The van der Waals surface area contributed by atoms with Crippen molar-refractivity contribution < 1.29 is 14.3 Å². The molecule has 9 heteroatoms. The van der Waals surface area contributed by atoms with Crippen LogP contribution >= 0.6 is 0 Å². The lowest BCUT2D eigenvalue weighted by Gasteiger charge is -2.48. The minimum absolute atomic E-state index is 0.134. The van der Waals surface area contributed by atoms with Crippen LogP contribution in [0, 0.1) is 11.3 Å². The Morgan fingerprint density at radius 2 is 2.02 bits per heavy atom. The van der Waals surface area contributed by atoms with Gasteiger partial charge in [0.2, 0.25) is 5.91 Å². The number of carbonyl (C=O) groups excluding carboxylic acids is 1. The normalized spacial score (nSPS) is 26.8. The molecule has 2 fully saturated rings. The third kappa shape index (κ3) is 5.16. The van der Waals surface area contributed by atoms with Crippen molar-refractivity contribution >= 4 is 11.7 Å². The van der Waals surface area contributed by atoms with E-state index in [1.807, 2.05) is 0 Å². The summed E-state index contributed by atoms with van der Waals surface area (Å²) in [6.07, 6.45) is 6.39. The summed E-state index contributed by atoms with van der Waals surface area (Å²) in [7, 11) is 2.14. The molecule has 4 aliphatic rings. The Morgan fingerprint density at radius 3 is 2.76 bits per heavy atom. The third-order valence-corrected chi connectivity index (χ3v) is 9.91. The van der Waals surface area contributed by atoms with Gasteiger partial charge in [-0.3, -0.25) is 4.79 Å². The molecule has 0 saturated carbocycles. The smallest absolute Gasteiger partial charge is 0.318 e. The summed E-state index contributed by atoms with van der Waals surface area (Å²) in [5.74, 6) is 0.744. The maximum absolute atomic E-state index is 12.6. The second-order valence-electron chi connectivity index (χ2n) is 12.8. The lowest BCUT2D eigenvalue weighted by molar-refractivity contribution is -0.128. The molecule has 1 aliphatic carbocycles. The van der Waals surface area contributed by atoms with Crippen LogP contribution < -0.4 is 9.64 Å².